The smallest absolute Gasteiger partial charge is 0.422 e. The summed E-state index contributed by atoms with van der Waals surface area (Å²) in [5.41, 5.74) is 8.96. The normalized spacial score (nSPS) is 17.2. The van der Waals surface area contributed by atoms with Gasteiger partial charge in [0.25, 0.3) is 5.91 Å². The first-order chi connectivity index (χ1) is 22.7. The van der Waals surface area contributed by atoms with Gasteiger partial charge in [0.1, 0.15) is 18.5 Å². The number of aryl methyl sites for hydroxylation is 1. The maximum absolute atomic E-state index is 14.1. The summed E-state index contributed by atoms with van der Waals surface area (Å²) in [6, 6.07) is 24.0. The van der Waals surface area contributed by atoms with Crippen molar-refractivity contribution in [2.45, 2.75) is 41.9 Å². The minimum Gasteiger partial charge on any atom is -0.491 e. The van der Waals surface area contributed by atoms with Crippen LogP contribution in [0, 0.1) is 0 Å². The molecule has 1 saturated heterocycles. The molecule has 1 aromatic heterocycles. The van der Waals surface area contributed by atoms with Crippen molar-refractivity contribution in [3.05, 3.63) is 108 Å². The predicted octanol–water partition coefficient (Wildman–Crippen LogP) is 3.44. The molecule has 4 aromatic rings. The van der Waals surface area contributed by atoms with Crippen LogP contribution in [0.25, 0.3) is 0 Å². The average Bonchev–Trinajstić information content (AvgIpc) is 3.55. The highest BCUT2D eigenvalue weighted by Crippen LogP contribution is 2.30. The third-order valence-corrected chi connectivity index (χ3v) is 9.13. The molecule has 0 radical (unpaired) electrons. The van der Waals surface area contributed by atoms with E-state index in [1.165, 1.54) is 19.2 Å². The van der Waals surface area contributed by atoms with E-state index in [-0.39, 0.29) is 29.5 Å². The number of rotatable bonds is 12. The maximum atomic E-state index is 14.1. The van der Waals surface area contributed by atoms with Crippen LogP contribution in [0.4, 0.5) is 10.6 Å². The quantitative estimate of drug-likeness (QED) is 0.205. The van der Waals surface area contributed by atoms with Gasteiger partial charge in [0, 0.05) is 37.0 Å². The van der Waals surface area contributed by atoms with Crippen LogP contribution in [0.5, 0.6) is 5.75 Å². The summed E-state index contributed by atoms with van der Waals surface area (Å²) in [7, 11) is -2.08. The number of carbonyl (C=O) groups is 2. The van der Waals surface area contributed by atoms with Crippen LogP contribution in [-0.4, -0.2) is 81.9 Å². The SMILES string of the molecule is COC(=O)N(C(=O)[C@@H](N)C(c1ccccc1)c1ccccc1)c1n[nH]cc1CC[C@@H]1CNC[C@@H](COc2ccc(S(C)(=O)=O)cc2)O1. The van der Waals surface area contributed by atoms with Crippen LogP contribution in [0.1, 0.15) is 29.0 Å². The monoisotopic (exact) mass is 661 g/mol. The third kappa shape index (κ3) is 8.43. The average molecular weight is 662 g/mol. The molecule has 47 heavy (non-hydrogen) atoms. The van der Waals surface area contributed by atoms with Gasteiger partial charge in [0.05, 0.1) is 24.2 Å². The molecular formula is C34H39N5O7S. The lowest BCUT2D eigenvalue weighted by Crippen LogP contribution is -2.50. The Labute approximate surface area is 274 Å². The summed E-state index contributed by atoms with van der Waals surface area (Å²) in [6.07, 6.45) is 2.48. The number of methoxy groups -OCH3 is 1. The van der Waals surface area contributed by atoms with Gasteiger partial charge in [-0.3, -0.25) is 9.89 Å². The molecule has 3 atom stereocenters. The van der Waals surface area contributed by atoms with Crippen LogP contribution < -0.4 is 20.7 Å². The van der Waals surface area contributed by atoms with Crippen LogP contribution in [0.15, 0.2) is 96.0 Å². The van der Waals surface area contributed by atoms with Gasteiger partial charge < -0.3 is 25.3 Å². The standard InChI is InChI=1S/C34H39N5O7S/c1-44-34(41)39(33(40)31(35)30(23-9-5-3-6-10-23)24-11-7-4-8-12-24)32-25(19-37-38-32)13-14-27-20-36-21-28(46-27)22-45-26-15-17-29(18-16-26)47(2,42)43/h3-12,15-19,27-28,30-31,36H,13-14,20-22,35H2,1-2H3,(H,37,38)/t27-,28+,31+/m1/s1. The van der Waals surface area contributed by atoms with Gasteiger partial charge in [0.2, 0.25) is 0 Å². The number of nitrogens with one attached hydrogen (secondary N) is 2. The number of carbonyl (C=O) groups excluding carboxylic acids is 2. The van der Waals surface area contributed by atoms with Crippen molar-refractivity contribution >= 4 is 27.7 Å². The second kappa shape index (κ2) is 15.4. The molecule has 4 N–H and O–H groups in total. The van der Waals surface area contributed by atoms with Crippen LogP contribution in [0.2, 0.25) is 0 Å². The summed E-state index contributed by atoms with van der Waals surface area (Å²) >= 11 is 0. The number of H-pyrrole nitrogens is 1. The number of imide groups is 1. The first-order valence-corrected chi connectivity index (χ1v) is 17.1. The second-order valence-electron chi connectivity index (χ2n) is 11.3. The first-order valence-electron chi connectivity index (χ1n) is 15.2. The molecule has 2 amide bonds. The molecule has 2 heterocycles. The molecule has 0 aliphatic carbocycles. The van der Waals surface area contributed by atoms with Crippen molar-refractivity contribution in [2.75, 3.05) is 38.0 Å². The molecule has 0 unspecified atom stereocenters. The Morgan fingerprint density at radius 2 is 1.60 bits per heavy atom. The summed E-state index contributed by atoms with van der Waals surface area (Å²) in [4.78, 5) is 28.3. The molecule has 1 fully saturated rings. The predicted molar refractivity (Wildman–Crippen MR) is 176 cm³/mol. The number of hydrogen-bond acceptors (Lipinski definition) is 10. The van der Waals surface area contributed by atoms with Crippen molar-refractivity contribution in [1.82, 2.24) is 15.5 Å². The Morgan fingerprint density at radius 1 is 0.979 bits per heavy atom. The Balaban J connectivity index is 1.26. The number of sulfone groups is 1. The lowest BCUT2D eigenvalue weighted by Gasteiger charge is -2.31. The van der Waals surface area contributed by atoms with Gasteiger partial charge in [-0.15, -0.1) is 0 Å². The van der Waals surface area contributed by atoms with E-state index in [4.69, 9.17) is 19.9 Å². The minimum absolute atomic E-state index is 0.123. The molecule has 5 rings (SSSR count). The zero-order chi connectivity index (χ0) is 33.4. The van der Waals surface area contributed by atoms with Crippen molar-refractivity contribution in [2.24, 2.45) is 5.73 Å². The highest BCUT2D eigenvalue weighted by molar-refractivity contribution is 7.90. The van der Waals surface area contributed by atoms with E-state index in [1.807, 2.05) is 60.7 Å². The van der Waals surface area contributed by atoms with E-state index < -0.39 is 33.8 Å². The summed E-state index contributed by atoms with van der Waals surface area (Å²) in [6.45, 7) is 1.46. The Hall–Kier alpha value is -4.56. The number of benzene rings is 3. The molecular weight excluding hydrogens is 622 g/mol. The van der Waals surface area contributed by atoms with Gasteiger partial charge >= 0.3 is 6.09 Å². The van der Waals surface area contributed by atoms with Gasteiger partial charge in [-0.25, -0.2) is 13.2 Å². The molecule has 248 valence electrons. The van der Waals surface area contributed by atoms with Gasteiger partial charge in [-0.2, -0.15) is 10.00 Å². The summed E-state index contributed by atoms with van der Waals surface area (Å²) in [5, 5.41) is 10.4. The van der Waals surface area contributed by atoms with Crippen LogP contribution in [-0.2, 0) is 30.5 Å². The molecule has 12 nitrogen and oxygen atoms in total. The maximum Gasteiger partial charge on any atom is 0.422 e. The van der Waals surface area contributed by atoms with E-state index in [1.54, 1.807) is 18.3 Å². The second-order valence-corrected chi connectivity index (χ2v) is 13.3. The minimum atomic E-state index is -3.29. The molecule has 13 heteroatoms. The Kier molecular flexibility index (Phi) is 11.0. The third-order valence-electron chi connectivity index (χ3n) is 8.00. The number of anilines is 1. The largest absolute Gasteiger partial charge is 0.491 e. The Bertz CT molecular complexity index is 1690. The molecule has 0 bridgehead atoms. The fourth-order valence-electron chi connectivity index (χ4n) is 5.61. The van der Waals surface area contributed by atoms with Gasteiger partial charge in [0.15, 0.2) is 15.7 Å². The Morgan fingerprint density at radius 3 is 2.19 bits per heavy atom. The zero-order valence-corrected chi connectivity index (χ0v) is 27.1. The van der Waals surface area contributed by atoms with Gasteiger partial charge in [-0.05, 0) is 48.2 Å². The number of nitrogens with two attached hydrogens (primary N) is 1. The zero-order valence-electron chi connectivity index (χ0n) is 26.2. The summed E-state index contributed by atoms with van der Waals surface area (Å²) in [5.74, 6) is -0.518. The number of morpholine rings is 1. The highest BCUT2D eigenvalue weighted by Gasteiger charge is 2.37. The number of amides is 2. The fraction of sp³-hybridized carbons (Fsp3) is 0.324. The fourth-order valence-corrected chi connectivity index (χ4v) is 6.24. The first kappa shape index (κ1) is 33.8. The number of aromatic amines is 1. The number of aromatic nitrogens is 2. The van der Waals surface area contributed by atoms with E-state index in [0.29, 0.717) is 37.2 Å². The molecule has 1 aliphatic rings. The lowest BCUT2D eigenvalue weighted by molar-refractivity contribution is -0.119. The van der Waals surface area contributed by atoms with Crippen molar-refractivity contribution in [1.29, 1.82) is 0 Å². The molecule has 1 aliphatic heterocycles. The molecule has 0 saturated carbocycles. The lowest BCUT2D eigenvalue weighted by atomic mass is 9.85. The highest BCUT2D eigenvalue weighted by atomic mass is 32.2. The number of hydrogen-bond donors (Lipinski definition) is 3. The summed E-state index contributed by atoms with van der Waals surface area (Å²) < 4.78 is 40.6. The van der Waals surface area contributed by atoms with Crippen LogP contribution in [0.3, 0.4) is 0 Å². The number of ether oxygens (including phenoxy) is 3. The van der Waals surface area contributed by atoms with E-state index in [2.05, 4.69) is 15.5 Å². The molecule has 3 aromatic carbocycles. The molecule has 0 spiro atoms. The van der Waals surface area contributed by atoms with Crippen molar-refractivity contribution in [3.63, 3.8) is 0 Å². The van der Waals surface area contributed by atoms with Crippen LogP contribution >= 0.6 is 0 Å². The van der Waals surface area contributed by atoms with Gasteiger partial charge in [-0.1, -0.05) is 60.7 Å². The van der Waals surface area contributed by atoms with E-state index in [0.717, 1.165) is 22.3 Å². The van der Waals surface area contributed by atoms with Crippen molar-refractivity contribution < 1.29 is 32.2 Å². The number of nitrogens with zero attached hydrogens (tertiary/aromatic N) is 2. The van der Waals surface area contributed by atoms with Crippen molar-refractivity contribution in [3.8, 4) is 5.75 Å². The van der Waals surface area contributed by atoms with E-state index >= 15 is 0 Å². The topological polar surface area (TPSA) is 166 Å². The van der Waals surface area contributed by atoms with E-state index in [9.17, 15) is 18.0 Å².